The molecule has 4 aromatic carbocycles. The first-order valence-corrected chi connectivity index (χ1v) is 12.7. The van der Waals surface area contributed by atoms with Crippen molar-refractivity contribution in [2.24, 2.45) is 0 Å². The number of carbonyl (C=O) groups excluding carboxylic acids is 1. The molecule has 0 saturated carbocycles. The predicted octanol–water partition coefficient (Wildman–Crippen LogP) is 6.58. The number of rotatable bonds is 8. The second-order valence-electron chi connectivity index (χ2n) is 9.37. The summed E-state index contributed by atoms with van der Waals surface area (Å²) in [4.78, 5) is 13.9. The smallest absolute Gasteiger partial charge is 0.221 e. The average Bonchev–Trinajstić information content (AvgIpc) is 2.93. The fraction of sp³-hybridized carbons (Fsp3) is 0.219. The van der Waals surface area contributed by atoms with E-state index in [0.717, 1.165) is 47.8 Å². The highest BCUT2D eigenvalue weighted by atomic mass is 16.5. The molecule has 0 aromatic heterocycles. The zero-order valence-corrected chi connectivity index (χ0v) is 21.3. The Morgan fingerprint density at radius 3 is 2.32 bits per heavy atom. The Morgan fingerprint density at radius 1 is 0.892 bits per heavy atom. The summed E-state index contributed by atoms with van der Waals surface area (Å²) in [6.07, 6.45) is 1.81. The Hall–Kier alpha value is -4.25. The molecule has 1 aliphatic heterocycles. The minimum absolute atomic E-state index is 0.0670. The van der Waals surface area contributed by atoms with E-state index in [1.54, 1.807) is 7.11 Å². The van der Waals surface area contributed by atoms with E-state index in [9.17, 15) is 4.79 Å². The van der Waals surface area contributed by atoms with Gasteiger partial charge in [-0.2, -0.15) is 0 Å². The molecule has 1 heterocycles. The summed E-state index contributed by atoms with van der Waals surface area (Å²) in [6.45, 7) is 2.99. The maximum atomic E-state index is 11.4. The molecule has 1 aliphatic rings. The minimum Gasteiger partial charge on any atom is -0.497 e. The van der Waals surface area contributed by atoms with Crippen molar-refractivity contribution in [2.45, 2.75) is 32.4 Å². The van der Waals surface area contributed by atoms with Crippen LogP contribution in [-0.4, -0.2) is 19.6 Å². The van der Waals surface area contributed by atoms with Gasteiger partial charge in [-0.1, -0.05) is 48.5 Å². The maximum absolute atomic E-state index is 11.4. The standard InChI is InChI=1S/C32H32N2O3/c1-23(35)33-27-10-12-28(13-11-27)34-19-18-26-21-30(36-2)16-17-31(26)32(34)20-24-8-14-29(15-9-24)37-22-25-6-4-3-5-7-25/h3-17,21,32H,18-20,22H2,1-2H3,(H,33,35). The molecule has 0 saturated heterocycles. The first-order valence-electron chi connectivity index (χ1n) is 12.7. The molecule has 0 radical (unpaired) electrons. The molecule has 5 heteroatoms. The number of anilines is 2. The Balaban J connectivity index is 1.37. The van der Waals surface area contributed by atoms with Gasteiger partial charge in [0.05, 0.1) is 13.2 Å². The number of nitrogens with zero attached hydrogens (tertiary/aromatic N) is 1. The summed E-state index contributed by atoms with van der Waals surface area (Å²) in [6, 6.07) is 33.4. The molecule has 4 aromatic rings. The molecule has 5 rings (SSSR count). The second kappa shape index (κ2) is 11.2. The van der Waals surface area contributed by atoms with Gasteiger partial charge in [0, 0.05) is 24.8 Å². The summed E-state index contributed by atoms with van der Waals surface area (Å²) < 4.78 is 11.5. The summed E-state index contributed by atoms with van der Waals surface area (Å²) in [5.74, 6) is 1.69. The zero-order chi connectivity index (χ0) is 25.6. The highest BCUT2D eigenvalue weighted by Crippen LogP contribution is 2.38. The number of benzene rings is 4. The summed E-state index contributed by atoms with van der Waals surface area (Å²) >= 11 is 0. The van der Waals surface area contributed by atoms with Crippen LogP contribution in [0.2, 0.25) is 0 Å². The van der Waals surface area contributed by atoms with Crippen molar-refractivity contribution in [3.8, 4) is 11.5 Å². The Morgan fingerprint density at radius 2 is 1.62 bits per heavy atom. The number of nitrogens with one attached hydrogen (secondary N) is 1. The fourth-order valence-corrected chi connectivity index (χ4v) is 4.97. The number of hydrogen-bond donors (Lipinski definition) is 1. The number of methoxy groups -OCH3 is 1. The van der Waals surface area contributed by atoms with E-state index >= 15 is 0 Å². The number of carbonyl (C=O) groups is 1. The van der Waals surface area contributed by atoms with Crippen molar-refractivity contribution >= 4 is 17.3 Å². The van der Waals surface area contributed by atoms with E-state index in [1.807, 2.05) is 30.3 Å². The van der Waals surface area contributed by atoms with E-state index in [4.69, 9.17) is 9.47 Å². The van der Waals surface area contributed by atoms with Gasteiger partial charge in [0.25, 0.3) is 0 Å². The van der Waals surface area contributed by atoms with Crippen LogP contribution in [0, 0.1) is 0 Å². The molecule has 0 fully saturated rings. The van der Waals surface area contributed by atoms with E-state index < -0.39 is 0 Å². The molecule has 1 N–H and O–H groups in total. The summed E-state index contributed by atoms with van der Waals surface area (Å²) in [7, 11) is 1.71. The van der Waals surface area contributed by atoms with Crippen LogP contribution < -0.4 is 19.7 Å². The molecule has 188 valence electrons. The van der Waals surface area contributed by atoms with Crippen molar-refractivity contribution < 1.29 is 14.3 Å². The zero-order valence-electron chi connectivity index (χ0n) is 21.3. The van der Waals surface area contributed by atoms with Crippen LogP contribution in [0.15, 0.2) is 97.1 Å². The number of amides is 1. The van der Waals surface area contributed by atoms with E-state index in [2.05, 4.69) is 76.9 Å². The lowest BCUT2D eigenvalue weighted by Crippen LogP contribution is -2.36. The van der Waals surface area contributed by atoms with Crippen molar-refractivity contribution in [1.82, 2.24) is 0 Å². The normalized spacial score (nSPS) is 14.5. The van der Waals surface area contributed by atoms with Gasteiger partial charge in [0.15, 0.2) is 0 Å². The Labute approximate surface area is 218 Å². The molecule has 0 spiro atoms. The Kier molecular flexibility index (Phi) is 7.41. The van der Waals surface area contributed by atoms with Gasteiger partial charge in [0.2, 0.25) is 5.91 Å². The third-order valence-corrected chi connectivity index (χ3v) is 6.83. The third-order valence-electron chi connectivity index (χ3n) is 6.83. The van der Waals surface area contributed by atoms with Gasteiger partial charge < -0.3 is 19.7 Å². The fourth-order valence-electron chi connectivity index (χ4n) is 4.97. The van der Waals surface area contributed by atoms with Crippen LogP contribution in [0.4, 0.5) is 11.4 Å². The summed E-state index contributed by atoms with van der Waals surface area (Å²) in [5.41, 5.74) is 7.01. The van der Waals surface area contributed by atoms with Gasteiger partial charge in [0.1, 0.15) is 18.1 Å². The van der Waals surface area contributed by atoms with E-state index in [-0.39, 0.29) is 11.9 Å². The maximum Gasteiger partial charge on any atom is 0.221 e. The molecule has 1 amide bonds. The third kappa shape index (κ3) is 5.95. The quantitative estimate of drug-likeness (QED) is 0.302. The molecule has 37 heavy (non-hydrogen) atoms. The van der Waals surface area contributed by atoms with Gasteiger partial charge >= 0.3 is 0 Å². The number of ether oxygens (including phenoxy) is 2. The lowest BCUT2D eigenvalue weighted by molar-refractivity contribution is -0.114. The SMILES string of the molecule is COc1ccc2c(c1)CCN(c1ccc(NC(C)=O)cc1)C2Cc1ccc(OCc2ccccc2)cc1. The first kappa shape index (κ1) is 24.4. The average molecular weight is 493 g/mol. The Bertz CT molecular complexity index is 1340. The van der Waals surface area contributed by atoms with Crippen LogP contribution in [0.3, 0.4) is 0 Å². The summed E-state index contributed by atoms with van der Waals surface area (Å²) in [5, 5.41) is 2.86. The van der Waals surface area contributed by atoms with Crippen LogP contribution in [0.5, 0.6) is 11.5 Å². The van der Waals surface area contributed by atoms with Crippen molar-refractivity contribution in [2.75, 3.05) is 23.9 Å². The molecule has 0 aliphatic carbocycles. The minimum atomic E-state index is -0.0670. The van der Waals surface area contributed by atoms with Crippen LogP contribution in [0.25, 0.3) is 0 Å². The molecule has 1 atom stereocenters. The van der Waals surface area contributed by atoms with Gasteiger partial charge in [-0.3, -0.25) is 4.79 Å². The largest absolute Gasteiger partial charge is 0.497 e. The molecule has 1 unspecified atom stereocenters. The first-order chi connectivity index (χ1) is 18.1. The van der Waals surface area contributed by atoms with Gasteiger partial charge in [-0.15, -0.1) is 0 Å². The molecular formula is C32H32N2O3. The highest BCUT2D eigenvalue weighted by Gasteiger charge is 2.28. The van der Waals surface area contributed by atoms with Crippen LogP contribution in [-0.2, 0) is 24.2 Å². The second-order valence-corrected chi connectivity index (χ2v) is 9.37. The van der Waals surface area contributed by atoms with Gasteiger partial charge in [-0.25, -0.2) is 0 Å². The highest BCUT2D eigenvalue weighted by molar-refractivity contribution is 5.88. The lowest BCUT2D eigenvalue weighted by atomic mass is 9.88. The van der Waals surface area contributed by atoms with E-state index in [1.165, 1.54) is 23.6 Å². The molecule has 0 bridgehead atoms. The molecular weight excluding hydrogens is 460 g/mol. The predicted molar refractivity (Wildman–Crippen MR) is 148 cm³/mol. The molecule has 5 nitrogen and oxygen atoms in total. The van der Waals surface area contributed by atoms with Crippen molar-refractivity contribution in [3.05, 3.63) is 119 Å². The van der Waals surface area contributed by atoms with Crippen molar-refractivity contribution in [1.29, 1.82) is 0 Å². The lowest BCUT2D eigenvalue weighted by Gasteiger charge is -2.39. The monoisotopic (exact) mass is 492 g/mol. The topological polar surface area (TPSA) is 50.8 Å². The van der Waals surface area contributed by atoms with Gasteiger partial charge in [-0.05, 0) is 83.6 Å². The number of hydrogen-bond acceptors (Lipinski definition) is 4. The van der Waals surface area contributed by atoms with Crippen LogP contribution in [0.1, 0.15) is 35.2 Å². The van der Waals surface area contributed by atoms with Crippen molar-refractivity contribution in [3.63, 3.8) is 0 Å². The van der Waals surface area contributed by atoms with E-state index in [0.29, 0.717) is 6.61 Å². The number of fused-ring (bicyclic) bond motifs is 1. The van der Waals surface area contributed by atoms with Crippen LogP contribution >= 0.6 is 0 Å².